The third-order valence-corrected chi connectivity index (χ3v) is 3.08. The summed E-state index contributed by atoms with van der Waals surface area (Å²) in [4.78, 5) is 7.86. The quantitative estimate of drug-likeness (QED) is 0.736. The van der Waals surface area contributed by atoms with Crippen LogP contribution in [0.25, 0.3) is 23.0 Å². The summed E-state index contributed by atoms with van der Waals surface area (Å²) in [5, 5.41) is 5.48. The highest BCUT2D eigenvalue weighted by atomic mass is 32.1. The zero-order valence-corrected chi connectivity index (χ0v) is 10.4. The molecule has 0 aliphatic rings. The predicted molar refractivity (Wildman–Crippen MR) is 65.1 cm³/mol. The molecule has 0 atom stereocenters. The summed E-state index contributed by atoms with van der Waals surface area (Å²) in [6.07, 6.45) is 0. The fourth-order valence-corrected chi connectivity index (χ4v) is 2.05. The van der Waals surface area contributed by atoms with Crippen molar-refractivity contribution in [2.45, 2.75) is 0 Å². The molecule has 2 N–H and O–H groups in total. The third kappa shape index (κ3) is 2.11. The Kier molecular flexibility index (Phi) is 2.90. The molecular formula is C11H5F3N4OS. The van der Waals surface area contributed by atoms with Gasteiger partial charge in [-0.2, -0.15) is 4.98 Å². The van der Waals surface area contributed by atoms with Crippen LogP contribution in [0.15, 0.2) is 22.0 Å². The second kappa shape index (κ2) is 4.60. The van der Waals surface area contributed by atoms with Crippen LogP contribution in [0.3, 0.4) is 0 Å². The summed E-state index contributed by atoms with van der Waals surface area (Å²) in [6, 6.07) is 1.56. The molecule has 3 aromatic rings. The van der Waals surface area contributed by atoms with Gasteiger partial charge in [-0.05, 0) is 12.1 Å². The van der Waals surface area contributed by atoms with E-state index in [2.05, 4.69) is 15.1 Å². The number of nitrogens with zero attached hydrogens (tertiary/aromatic N) is 3. The number of halogens is 3. The molecule has 0 unspecified atom stereocenters. The Balaban J connectivity index is 2.02. The Bertz CT molecular complexity index is 763. The molecule has 0 amide bonds. The standard InChI is InChI=1S/C11H5F3N4OS/c12-5-1-4(2-6(13)8(5)14)9-17-10(19-18-9)7-3-20-11(15)16-7/h1-3H,(H2,15,16). The lowest BCUT2D eigenvalue weighted by Gasteiger charge is -1.97. The van der Waals surface area contributed by atoms with Crippen LogP contribution in [0.2, 0.25) is 0 Å². The molecule has 0 bridgehead atoms. The minimum absolute atomic E-state index is 0.0420. The Morgan fingerprint density at radius 2 is 1.80 bits per heavy atom. The van der Waals surface area contributed by atoms with E-state index in [1.165, 1.54) is 11.3 Å². The monoisotopic (exact) mass is 298 g/mol. The first-order valence-corrected chi connectivity index (χ1v) is 6.12. The van der Waals surface area contributed by atoms with Crippen LogP contribution in [0.5, 0.6) is 0 Å². The number of hydrogen-bond donors (Lipinski definition) is 1. The zero-order chi connectivity index (χ0) is 14.3. The number of nitrogen functional groups attached to an aromatic ring is 1. The van der Waals surface area contributed by atoms with Gasteiger partial charge in [-0.25, -0.2) is 18.2 Å². The topological polar surface area (TPSA) is 77.8 Å². The minimum atomic E-state index is -1.55. The molecule has 0 radical (unpaired) electrons. The minimum Gasteiger partial charge on any atom is -0.375 e. The van der Waals surface area contributed by atoms with Crippen LogP contribution in [0.4, 0.5) is 18.3 Å². The molecule has 102 valence electrons. The molecule has 0 aliphatic carbocycles. The molecule has 20 heavy (non-hydrogen) atoms. The number of rotatable bonds is 2. The molecule has 0 saturated carbocycles. The average molecular weight is 298 g/mol. The fourth-order valence-electron chi connectivity index (χ4n) is 1.52. The van der Waals surface area contributed by atoms with Crippen LogP contribution in [0, 0.1) is 17.5 Å². The van der Waals surface area contributed by atoms with Gasteiger partial charge in [-0.15, -0.1) is 11.3 Å². The molecule has 2 aromatic heterocycles. The number of nitrogens with two attached hydrogens (primary N) is 1. The van der Waals surface area contributed by atoms with Crippen LogP contribution in [-0.4, -0.2) is 15.1 Å². The van der Waals surface area contributed by atoms with Crippen molar-refractivity contribution in [1.82, 2.24) is 15.1 Å². The van der Waals surface area contributed by atoms with E-state index >= 15 is 0 Å². The van der Waals surface area contributed by atoms with E-state index in [9.17, 15) is 13.2 Å². The van der Waals surface area contributed by atoms with Crippen molar-refractivity contribution in [2.75, 3.05) is 5.73 Å². The van der Waals surface area contributed by atoms with Gasteiger partial charge >= 0.3 is 0 Å². The predicted octanol–water partition coefficient (Wildman–Crippen LogP) is 2.86. The van der Waals surface area contributed by atoms with E-state index in [0.717, 1.165) is 12.1 Å². The second-order valence-corrected chi connectivity index (χ2v) is 4.64. The lowest BCUT2D eigenvalue weighted by molar-refractivity contribution is 0.430. The Morgan fingerprint density at radius 3 is 2.40 bits per heavy atom. The van der Waals surface area contributed by atoms with Gasteiger partial charge in [0.1, 0.15) is 5.69 Å². The third-order valence-electron chi connectivity index (χ3n) is 2.41. The van der Waals surface area contributed by atoms with Crippen LogP contribution < -0.4 is 5.73 Å². The number of hydrogen-bond acceptors (Lipinski definition) is 6. The maximum atomic E-state index is 13.1. The van der Waals surface area contributed by atoms with Crippen molar-refractivity contribution >= 4 is 16.5 Å². The molecule has 1 aromatic carbocycles. The fraction of sp³-hybridized carbons (Fsp3) is 0. The SMILES string of the molecule is Nc1nc(-c2nc(-c3cc(F)c(F)c(F)c3)no2)cs1. The van der Waals surface area contributed by atoms with E-state index in [-0.39, 0.29) is 17.3 Å². The first-order valence-electron chi connectivity index (χ1n) is 5.24. The highest BCUT2D eigenvalue weighted by Crippen LogP contribution is 2.26. The summed E-state index contributed by atoms with van der Waals surface area (Å²) >= 11 is 1.18. The number of benzene rings is 1. The maximum absolute atomic E-state index is 13.1. The smallest absolute Gasteiger partial charge is 0.277 e. The Hall–Kier alpha value is -2.42. The lowest BCUT2D eigenvalue weighted by Crippen LogP contribution is -1.92. The van der Waals surface area contributed by atoms with Gasteiger partial charge in [-0.1, -0.05) is 5.16 Å². The van der Waals surface area contributed by atoms with Gasteiger partial charge in [0, 0.05) is 10.9 Å². The van der Waals surface area contributed by atoms with Crippen molar-refractivity contribution in [1.29, 1.82) is 0 Å². The van der Waals surface area contributed by atoms with Crippen molar-refractivity contribution in [3.05, 3.63) is 35.0 Å². The molecule has 0 spiro atoms. The summed E-state index contributed by atoms with van der Waals surface area (Å²) in [5.41, 5.74) is 5.78. The van der Waals surface area contributed by atoms with Gasteiger partial charge in [0.25, 0.3) is 5.89 Å². The largest absolute Gasteiger partial charge is 0.375 e. The van der Waals surface area contributed by atoms with Crippen molar-refractivity contribution < 1.29 is 17.7 Å². The van der Waals surface area contributed by atoms with Crippen LogP contribution >= 0.6 is 11.3 Å². The second-order valence-electron chi connectivity index (χ2n) is 3.75. The average Bonchev–Trinajstić information content (AvgIpc) is 3.03. The molecule has 9 heteroatoms. The molecular weight excluding hydrogens is 293 g/mol. The van der Waals surface area contributed by atoms with E-state index in [1.807, 2.05) is 0 Å². The van der Waals surface area contributed by atoms with Crippen molar-refractivity contribution in [3.8, 4) is 23.0 Å². The van der Waals surface area contributed by atoms with Gasteiger partial charge in [0.05, 0.1) is 0 Å². The first-order chi connectivity index (χ1) is 9.54. The number of anilines is 1. The zero-order valence-electron chi connectivity index (χ0n) is 9.60. The summed E-state index contributed by atoms with van der Waals surface area (Å²) in [6.45, 7) is 0. The van der Waals surface area contributed by atoms with Crippen molar-refractivity contribution in [3.63, 3.8) is 0 Å². The van der Waals surface area contributed by atoms with E-state index in [0.29, 0.717) is 10.8 Å². The van der Waals surface area contributed by atoms with Gasteiger partial charge < -0.3 is 10.3 Å². The summed E-state index contributed by atoms with van der Waals surface area (Å²) < 4.78 is 44.0. The van der Waals surface area contributed by atoms with E-state index in [1.54, 1.807) is 5.38 Å². The highest BCUT2D eigenvalue weighted by molar-refractivity contribution is 7.13. The van der Waals surface area contributed by atoms with Gasteiger partial charge in [0.2, 0.25) is 5.82 Å². The van der Waals surface area contributed by atoms with Gasteiger partial charge in [0.15, 0.2) is 22.6 Å². The van der Waals surface area contributed by atoms with Crippen LogP contribution in [0.1, 0.15) is 0 Å². The molecule has 5 nitrogen and oxygen atoms in total. The molecule has 0 saturated heterocycles. The molecule has 2 heterocycles. The van der Waals surface area contributed by atoms with Crippen molar-refractivity contribution in [2.24, 2.45) is 0 Å². The van der Waals surface area contributed by atoms with Gasteiger partial charge in [-0.3, -0.25) is 0 Å². The summed E-state index contributed by atoms with van der Waals surface area (Å²) in [7, 11) is 0. The highest BCUT2D eigenvalue weighted by Gasteiger charge is 2.17. The maximum Gasteiger partial charge on any atom is 0.277 e. The summed E-state index contributed by atoms with van der Waals surface area (Å²) in [5.74, 6) is -4.24. The first kappa shape index (κ1) is 12.6. The van der Waals surface area contributed by atoms with E-state index < -0.39 is 17.5 Å². The molecule has 0 aliphatic heterocycles. The molecule has 3 rings (SSSR count). The lowest BCUT2D eigenvalue weighted by atomic mass is 10.2. The normalized spacial score (nSPS) is 10.9. The van der Waals surface area contributed by atoms with E-state index in [4.69, 9.17) is 10.3 Å². The Morgan fingerprint density at radius 1 is 1.10 bits per heavy atom. The van der Waals surface area contributed by atoms with Crippen LogP contribution in [-0.2, 0) is 0 Å². The number of thiazole rings is 1. The molecule has 0 fully saturated rings. The Labute approximate surface area is 113 Å². The number of aromatic nitrogens is 3.